The summed E-state index contributed by atoms with van der Waals surface area (Å²) in [7, 11) is 0. The number of aliphatic hydroxyl groups excluding tert-OH is 1. The van der Waals surface area contributed by atoms with Gasteiger partial charge >= 0.3 is 0 Å². The van der Waals surface area contributed by atoms with E-state index in [0.717, 1.165) is 11.1 Å². The predicted octanol–water partition coefficient (Wildman–Crippen LogP) is 0.839. The molecule has 1 fully saturated rings. The molecular weight excluding hydrogens is 194 g/mol. The predicted molar refractivity (Wildman–Crippen MR) is 54.5 cm³/mol. The van der Waals surface area contributed by atoms with E-state index in [1.165, 1.54) is 0 Å². The van der Waals surface area contributed by atoms with Gasteiger partial charge in [0.2, 0.25) is 0 Å². The topological polar surface area (TPSA) is 51.6 Å². The van der Waals surface area contributed by atoms with E-state index in [4.69, 9.17) is 9.47 Å². The van der Waals surface area contributed by atoms with Crippen LogP contribution in [0.15, 0.2) is 18.5 Å². The van der Waals surface area contributed by atoms with Crippen LogP contribution in [0.5, 0.6) is 0 Å². The molecule has 2 heterocycles. The molecule has 4 nitrogen and oxygen atoms in total. The summed E-state index contributed by atoms with van der Waals surface area (Å²) in [4.78, 5) is 4.04. The summed E-state index contributed by atoms with van der Waals surface area (Å²) in [5.74, 6) is 0. The highest BCUT2D eigenvalue weighted by atomic mass is 16.6. The zero-order valence-electron chi connectivity index (χ0n) is 8.72. The smallest absolute Gasteiger partial charge is 0.111 e. The van der Waals surface area contributed by atoms with Crippen molar-refractivity contribution in [3.05, 3.63) is 29.6 Å². The molecule has 0 bridgehead atoms. The first-order valence-electron chi connectivity index (χ1n) is 5.06. The average molecular weight is 209 g/mol. The summed E-state index contributed by atoms with van der Waals surface area (Å²) in [6.45, 7) is 3.53. The molecule has 0 radical (unpaired) electrons. The molecule has 1 aromatic heterocycles. The summed E-state index contributed by atoms with van der Waals surface area (Å²) in [5.41, 5.74) is 1.81. The van der Waals surface area contributed by atoms with Gasteiger partial charge in [-0.05, 0) is 12.5 Å². The van der Waals surface area contributed by atoms with Crippen molar-refractivity contribution >= 4 is 0 Å². The van der Waals surface area contributed by atoms with Gasteiger partial charge in [-0.1, -0.05) is 6.07 Å². The second-order valence-corrected chi connectivity index (χ2v) is 3.72. The number of nitrogens with zero attached hydrogens (tertiary/aromatic N) is 1. The van der Waals surface area contributed by atoms with Crippen molar-refractivity contribution in [2.75, 3.05) is 19.8 Å². The molecular formula is C11H15NO3. The van der Waals surface area contributed by atoms with Crippen molar-refractivity contribution in [2.24, 2.45) is 0 Å². The first-order chi connectivity index (χ1) is 7.27. The Morgan fingerprint density at radius 2 is 2.33 bits per heavy atom. The van der Waals surface area contributed by atoms with Crippen LogP contribution in [-0.4, -0.2) is 36.0 Å². The van der Waals surface area contributed by atoms with Gasteiger partial charge in [-0.2, -0.15) is 0 Å². The van der Waals surface area contributed by atoms with Crippen LogP contribution in [0.3, 0.4) is 0 Å². The second-order valence-electron chi connectivity index (χ2n) is 3.72. The Bertz CT molecular complexity index is 323. The maximum Gasteiger partial charge on any atom is 0.111 e. The highest BCUT2D eigenvalue weighted by molar-refractivity contribution is 5.19. The van der Waals surface area contributed by atoms with E-state index in [0.29, 0.717) is 19.8 Å². The number of aryl methyl sites for hydroxylation is 1. The Kier molecular flexibility index (Phi) is 3.30. The average Bonchev–Trinajstić information content (AvgIpc) is 2.29. The fourth-order valence-corrected chi connectivity index (χ4v) is 1.64. The highest BCUT2D eigenvalue weighted by Crippen LogP contribution is 2.21. The van der Waals surface area contributed by atoms with Gasteiger partial charge in [0.15, 0.2) is 0 Å². The lowest BCUT2D eigenvalue weighted by Gasteiger charge is -2.27. The van der Waals surface area contributed by atoms with Gasteiger partial charge in [-0.25, -0.2) is 0 Å². The molecule has 15 heavy (non-hydrogen) atoms. The number of ether oxygens (including phenoxy) is 2. The molecule has 4 heteroatoms. The summed E-state index contributed by atoms with van der Waals surface area (Å²) in [6, 6.07) is 1.91. The number of aliphatic hydroxyl groups is 1. The second kappa shape index (κ2) is 4.70. The molecule has 1 N–H and O–H groups in total. The van der Waals surface area contributed by atoms with Crippen LogP contribution in [0, 0.1) is 6.92 Å². The van der Waals surface area contributed by atoms with Crippen molar-refractivity contribution in [3.63, 3.8) is 0 Å². The normalized spacial score (nSPS) is 23.7. The summed E-state index contributed by atoms with van der Waals surface area (Å²) in [6.07, 6.45) is 2.49. The first-order valence-corrected chi connectivity index (χ1v) is 5.06. The fraction of sp³-hybridized carbons (Fsp3) is 0.545. The van der Waals surface area contributed by atoms with Gasteiger partial charge in [0.05, 0.1) is 19.8 Å². The number of aromatic nitrogens is 1. The van der Waals surface area contributed by atoms with Gasteiger partial charge in [-0.3, -0.25) is 4.98 Å². The first kappa shape index (κ1) is 10.5. The zero-order valence-corrected chi connectivity index (χ0v) is 8.72. The Labute approximate surface area is 88.9 Å². The molecule has 2 rings (SSSR count). The molecule has 0 aliphatic carbocycles. The van der Waals surface area contributed by atoms with Gasteiger partial charge in [0, 0.05) is 18.0 Å². The molecule has 0 amide bonds. The van der Waals surface area contributed by atoms with Gasteiger partial charge in [0.25, 0.3) is 0 Å². The number of hydrogen-bond donors (Lipinski definition) is 1. The summed E-state index contributed by atoms with van der Waals surface area (Å²) >= 11 is 0. The Morgan fingerprint density at radius 3 is 3.00 bits per heavy atom. The SMILES string of the molecule is Cc1cncc(C(O)C2COCCO2)c1. The van der Waals surface area contributed by atoms with Crippen LogP contribution in [0.2, 0.25) is 0 Å². The standard InChI is InChI=1S/C11H15NO3/c1-8-4-9(6-12-5-8)11(13)10-7-14-2-3-15-10/h4-6,10-11,13H,2-3,7H2,1H3. The third-order valence-electron chi connectivity index (χ3n) is 2.43. The Morgan fingerprint density at radius 1 is 1.47 bits per heavy atom. The van der Waals surface area contributed by atoms with Crippen LogP contribution in [0.25, 0.3) is 0 Å². The minimum absolute atomic E-state index is 0.276. The third kappa shape index (κ3) is 2.53. The molecule has 2 unspecified atom stereocenters. The molecule has 1 aromatic rings. The van der Waals surface area contributed by atoms with Gasteiger partial charge in [-0.15, -0.1) is 0 Å². The third-order valence-corrected chi connectivity index (χ3v) is 2.43. The molecule has 0 saturated carbocycles. The Balaban J connectivity index is 2.08. The van der Waals surface area contributed by atoms with Crippen molar-refractivity contribution in [1.29, 1.82) is 0 Å². The quantitative estimate of drug-likeness (QED) is 0.784. The lowest BCUT2D eigenvalue weighted by molar-refractivity contribution is -0.133. The van der Waals surface area contributed by atoms with Crippen LogP contribution in [0.4, 0.5) is 0 Å². The van der Waals surface area contributed by atoms with E-state index >= 15 is 0 Å². The number of hydrogen-bond acceptors (Lipinski definition) is 4. The van der Waals surface area contributed by atoms with Crippen molar-refractivity contribution in [3.8, 4) is 0 Å². The van der Waals surface area contributed by atoms with Crippen LogP contribution < -0.4 is 0 Å². The lowest BCUT2D eigenvalue weighted by Crippen LogP contribution is -2.33. The number of rotatable bonds is 2. The van der Waals surface area contributed by atoms with Gasteiger partial charge in [0.1, 0.15) is 12.2 Å². The van der Waals surface area contributed by atoms with E-state index in [9.17, 15) is 5.11 Å². The molecule has 0 spiro atoms. The van der Waals surface area contributed by atoms with Crippen molar-refractivity contribution in [1.82, 2.24) is 4.98 Å². The zero-order chi connectivity index (χ0) is 10.7. The Hall–Kier alpha value is -0.970. The number of pyridine rings is 1. The van der Waals surface area contributed by atoms with E-state index in [2.05, 4.69) is 4.98 Å². The van der Waals surface area contributed by atoms with Crippen molar-refractivity contribution < 1.29 is 14.6 Å². The maximum absolute atomic E-state index is 10.0. The minimum atomic E-state index is -0.655. The lowest BCUT2D eigenvalue weighted by atomic mass is 10.1. The van der Waals surface area contributed by atoms with Crippen LogP contribution in [-0.2, 0) is 9.47 Å². The molecule has 82 valence electrons. The molecule has 1 aliphatic heterocycles. The fourth-order valence-electron chi connectivity index (χ4n) is 1.64. The van der Waals surface area contributed by atoms with Crippen LogP contribution >= 0.6 is 0 Å². The molecule has 0 aromatic carbocycles. The largest absolute Gasteiger partial charge is 0.386 e. The molecule has 1 saturated heterocycles. The molecule has 1 aliphatic rings. The van der Waals surface area contributed by atoms with E-state index in [-0.39, 0.29) is 6.10 Å². The monoisotopic (exact) mass is 209 g/mol. The highest BCUT2D eigenvalue weighted by Gasteiger charge is 2.24. The van der Waals surface area contributed by atoms with Crippen molar-refractivity contribution in [2.45, 2.75) is 19.1 Å². The van der Waals surface area contributed by atoms with Gasteiger partial charge < -0.3 is 14.6 Å². The van der Waals surface area contributed by atoms with Crippen LogP contribution in [0.1, 0.15) is 17.2 Å². The van der Waals surface area contributed by atoms with E-state index < -0.39 is 6.10 Å². The van der Waals surface area contributed by atoms with E-state index in [1.807, 2.05) is 13.0 Å². The maximum atomic E-state index is 10.0. The summed E-state index contributed by atoms with van der Waals surface area (Å²) in [5, 5.41) is 10.0. The summed E-state index contributed by atoms with van der Waals surface area (Å²) < 4.78 is 10.7. The minimum Gasteiger partial charge on any atom is -0.386 e. The van der Waals surface area contributed by atoms with E-state index in [1.54, 1.807) is 12.4 Å². The molecule has 2 atom stereocenters.